The molecule has 9 nitrogen and oxygen atoms in total. The number of carbonyl (C=O) groups is 1. The van der Waals surface area contributed by atoms with Gasteiger partial charge in [-0.05, 0) is 12.5 Å². The van der Waals surface area contributed by atoms with Crippen molar-refractivity contribution in [1.29, 1.82) is 0 Å². The molecule has 9 heteroatoms. The molecular formula is C18H19N3O6. The van der Waals surface area contributed by atoms with Crippen LogP contribution in [0, 0.1) is 16.0 Å². The Morgan fingerprint density at radius 1 is 1.44 bits per heavy atom. The number of esters is 1. The molecule has 3 N–H and O–H groups in total. The highest BCUT2D eigenvalue weighted by atomic mass is 16.6. The molecule has 1 heterocycles. The van der Waals surface area contributed by atoms with Gasteiger partial charge in [-0.25, -0.2) is 0 Å². The summed E-state index contributed by atoms with van der Waals surface area (Å²) < 4.78 is 5.16. The molecule has 27 heavy (non-hydrogen) atoms. The van der Waals surface area contributed by atoms with Gasteiger partial charge >= 0.3 is 5.97 Å². The first-order valence-electron chi connectivity index (χ1n) is 8.30. The first kappa shape index (κ1) is 18.6. The Labute approximate surface area is 153 Å². The number of rotatable bonds is 5. The molecule has 1 aliphatic rings. The predicted molar refractivity (Wildman–Crippen MR) is 95.3 cm³/mol. The molecule has 0 saturated carbocycles. The number of aromatic nitrogens is 2. The second kappa shape index (κ2) is 6.84. The minimum atomic E-state index is -1.50. The quantitative estimate of drug-likeness (QED) is 0.313. The van der Waals surface area contributed by atoms with Crippen LogP contribution >= 0.6 is 0 Å². The Bertz CT molecular complexity index is 941. The third-order valence-electron chi connectivity index (χ3n) is 4.81. The maximum atomic E-state index is 12.7. The molecule has 1 aromatic heterocycles. The highest BCUT2D eigenvalue weighted by Crippen LogP contribution is 2.44. The van der Waals surface area contributed by atoms with Crippen LogP contribution in [0.25, 0.3) is 0 Å². The van der Waals surface area contributed by atoms with Crippen molar-refractivity contribution in [1.82, 2.24) is 10.2 Å². The van der Waals surface area contributed by atoms with Crippen LogP contribution in [0.2, 0.25) is 0 Å². The van der Waals surface area contributed by atoms with Gasteiger partial charge in [0.05, 0.1) is 16.4 Å². The molecule has 3 rings (SSSR count). The molecule has 142 valence electrons. The van der Waals surface area contributed by atoms with Gasteiger partial charge in [0.2, 0.25) is 0 Å². The van der Waals surface area contributed by atoms with Crippen LogP contribution in [0.4, 0.5) is 5.69 Å². The first-order valence-corrected chi connectivity index (χ1v) is 8.30. The molecule has 0 saturated heterocycles. The van der Waals surface area contributed by atoms with Gasteiger partial charge in [0.1, 0.15) is 6.61 Å². The van der Waals surface area contributed by atoms with Gasteiger partial charge in [-0.15, -0.1) is 0 Å². The average molecular weight is 373 g/mol. The minimum Gasteiger partial charge on any atom is -0.461 e. The summed E-state index contributed by atoms with van der Waals surface area (Å²) in [6.07, 6.45) is 1.46. The van der Waals surface area contributed by atoms with E-state index in [0.717, 1.165) is 0 Å². The van der Waals surface area contributed by atoms with Gasteiger partial charge in [-0.3, -0.25) is 24.8 Å². The Balaban J connectivity index is 2.15. The van der Waals surface area contributed by atoms with Crippen LogP contribution in [0.1, 0.15) is 29.7 Å². The van der Waals surface area contributed by atoms with Crippen molar-refractivity contribution in [3.05, 3.63) is 74.2 Å². The molecule has 1 aromatic carbocycles. The van der Waals surface area contributed by atoms with Crippen molar-refractivity contribution in [2.75, 3.05) is 6.61 Å². The van der Waals surface area contributed by atoms with E-state index in [4.69, 9.17) is 4.74 Å². The van der Waals surface area contributed by atoms with E-state index >= 15 is 0 Å². The zero-order chi connectivity index (χ0) is 19.8. The molecule has 0 fully saturated rings. The Morgan fingerprint density at radius 2 is 2.11 bits per heavy atom. The fourth-order valence-corrected chi connectivity index (χ4v) is 3.65. The molecule has 0 amide bonds. The summed E-state index contributed by atoms with van der Waals surface area (Å²) in [4.78, 5) is 35.5. The number of nitrogens with one attached hydrogen (secondary N) is 2. The number of benzene rings is 1. The molecule has 0 bridgehead atoms. The molecule has 2 aromatic rings. The SMILES string of the molecule is C=CCOC(=O)C1C(c2ccc([N+](=O)[O-])cc2)c2c([nH][nH]c2=O)CC1(C)O. The summed E-state index contributed by atoms with van der Waals surface area (Å²) in [7, 11) is 0. The van der Waals surface area contributed by atoms with Gasteiger partial charge in [0.15, 0.2) is 0 Å². The highest BCUT2D eigenvalue weighted by molar-refractivity contribution is 5.77. The summed E-state index contributed by atoms with van der Waals surface area (Å²) in [5.41, 5.74) is -0.728. The Hall–Kier alpha value is -3.20. The fraction of sp³-hybridized carbons (Fsp3) is 0.333. The van der Waals surface area contributed by atoms with E-state index in [-0.39, 0.29) is 18.7 Å². The smallest absolute Gasteiger partial charge is 0.313 e. The van der Waals surface area contributed by atoms with E-state index in [0.29, 0.717) is 16.8 Å². The van der Waals surface area contributed by atoms with E-state index in [2.05, 4.69) is 16.8 Å². The van der Waals surface area contributed by atoms with E-state index in [9.17, 15) is 24.8 Å². The van der Waals surface area contributed by atoms with Gasteiger partial charge in [0.25, 0.3) is 11.2 Å². The number of fused-ring (bicyclic) bond motifs is 1. The number of nitro benzene ring substituents is 1. The van der Waals surface area contributed by atoms with Gasteiger partial charge < -0.3 is 14.9 Å². The summed E-state index contributed by atoms with van der Waals surface area (Å²) >= 11 is 0. The van der Waals surface area contributed by atoms with Crippen molar-refractivity contribution in [2.24, 2.45) is 5.92 Å². The molecule has 3 unspecified atom stereocenters. The lowest BCUT2D eigenvalue weighted by atomic mass is 9.66. The maximum absolute atomic E-state index is 12.7. The van der Waals surface area contributed by atoms with E-state index in [1.165, 1.54) is 37.3 Å². The van der Waals surface area contributed by atoms with Crippen molar-refractivity contribution in [2.45, 2.75) is 24.9 Å². The lowest BCUT2D eigenvalue weighted by Gasteiger charge is -2.40. The summed E-state index contributed by atoms with van der Waals surface area (Å²) in [6, 6.07) is 5.55. The molecule has 0 radical (unpaired) electrons. The van der Waals surface area contributed by atoms with E-state index < -0.39 is 33.9 Å². The summed E-state index contributed by atoms with van der Waals surface area (Å²) in [5, 5.41) is 27.1. The van der Waals surface area contributed by atoms with Gasteiger partial charge in [0, 0.05) is 35.7 Å². The second-order valence-corrected chi connectivity index (χ2v) is 6.73. The third-order valence-corrected chi connectivity index (χ3v) is 4.81. The number of H-pyrrole nitrogens is 2. The lowest BCUT2D eigenvalue weighted by Crippen LogP contribution is -2.50. The third kappa shape index (κ3) is 3.28. The number of hydrogen-bond acceptors (Lipinski definition) is 6. The van der Waals surface area contributed by atoms with Crippen LogP contribution in [-0.4, -0.2) is 38.4 Å². The average Bonchev–Trinajstić information content (AvgIpc) is 2.97. The molecule has 0 spiro atoms. The number of non-ortho nitro benzene ring substituents is 1. The second-order valence-electron chi connectivity index (χ2n) is 6.73. The summed E-state index contributed by atoms with van der Waals surface area (Å²) in [5.74, 6) is -2.56. The van der Waals surface area contributed by atoms with Crippen LogP contribution in [-0.2, 0) is 16.0 Å². The van der Waals surface area contributed by atoms with Crippen LogP contribution in [0.15, 0.2) is 41.7 Å². The molecule has 3 atom stereocenters. The monoisotopic (exact) mass is 373 g/mol. The van der Waals surface area contributed by atoms with Crippen molar-refractivity contribution in [3.63, 3.8) is 0 Å². The van der Waals surface area contributed by atoms with Gasteiger partial charge in [-0.1, -0.05) is 24.8 Å². The first-order chi connectivity index (χ1) is 12.8. The van der Waals surface area contributed by atoms with Crippen LogP contribution in [0.3, 0.4) is 0 Å². The number of nitro groups is 1. The molecule has 1 aliphatic carbocycles. The molecule has 0 aliphatic heterocycles. The highest BCUT2D eigenvalue weighted by Gasteiger charge is 2.51. The van der Waals surface area contributed by atoms with Crippen molar-refractivity contribution < 1.29 is 19.6 Å². The number of aromatic amines is 2. The largest absolute Gasteiger partial charge is 0.461 e. The maximum Gasteiger partial charge on any atom is 0.313 e. The van der Waals surface area contributed by atoms with Crippen molar-refractivity contribution in [3.8, 4) is 0 Å². The molecular weight excluding hydrogens is 354 g/mol. The van der Waals surface area contributed by atoms with Crippen LogP contribution < -0.4 is 5.56 Å². The minimum absolute atomic E-state index is 0.0330. The number of ether oxygens (including phenoxy) is 1. The van der Waals surface area contributed by atoms with E-state index in [1.54, 1.807) is 0 Å². The summed E-state index contributed by atoms with van der Waals surface area (Å²) in [6.45, 7) is 4.96. The van der Waals surface area contributed by atoms with Crippen LogP contribution in [0.5, 0.6) is 0 Å². The number of hydrogen-bond donors (Lipinski definition) is 3. The normalized spacial score (nSPS) is 24.1. The number of aliphatic hydroxyl groups is 1. The zero-order valence-corrected chi connectivity index (χ0v) is 14.6. The van der Waals surface area contributed by atoms with Crippen molar-refractivity contribution >= 4 is 11.7 Å². The topological polar surface area (TPSA) is 138 Å². The lowest BCUT2D eigenvalue weighted by molar-refractivity contribution is -0.384. The zero-order valence-electron chi connectivity index (χ0n) is 14.6. The Morgan fingerprint density at radius 3 is 2.70 bits per heavy atom. The predicted octanol–water partition coefficient (Wildman–Crippen LogP) is 1.40. The number of carbonyl (C=O) groups excluding carboxylic acids is 1. The fourth-order valence-electron chi connectivity index (χ4n) is 3.65. The standard InChI is InChI=1S/C18H19N3O6/c1-3-8-27-17(23)15-13(10-4-6-11(7-5-10)21(25)26)14-12(9-18(15,2)24)19-20-16(14)22/h3-7,13,15,24H,1,8-9H2,2H3,(H2,19,20,22). The number of nitrogens with zero attached hydrogens (tertiary/aromatic N) is 1. The van der Waals surface area contributed by atoms with E-state index in [1.807, 2.05) is 0 Å². The van der Waals surface area contributed by atoms with Gasteiger partial charge in [-0.2, -0.15) is 0 Å². The Kier molecular flexibility index (Phi) is 4.71.